The Balaban J connectivity index is 3.60. The van der Waals surface area contributed by atoms with E-state index in [0.29, 0.717) is 18.3 Å². The van der Waals surface area contributed by atoms with Gasteiger partial charge in [0.15, 0.2) is 0 Å². The van der Waals surface area contributed by atoms with Crippen molar-refractivity contribution in [3.05, 3.63) is 0 Å². The molecule has 0 unspecified atom stereocenters. The van der Waals surface area contributed by atoms with Gasteiger partial charge in [0.2, 0.25) is 0 Å². The van der Waals surface area contributed by atoms with Crippen molar-refractivity contribution in [3.8, 4) is 0 Å². The van der Waals surface area contributed by atoms with Crippen LogP contribution >= 0.6 is 15.9 Å². The summed E-state index contributed by atoms with van der Waals surface area (Å²) in [4.78, 5) is 21.9. The zero-order valence-electron chi connectivity index (χ0n) is 8.72. The molecule has 14 heavy (non-hydrogen) atoms. The van der Waals surface area contributed by atoms with E-state index in [1.165, 1.54) is 0 Å². The molecule has 0 aliphatic rings. The van der Waals surface area contributed by atoms with Crippen LogP contribution in [-0.2, 0) is 9.53 Å². The molecule has 0 aromatic rings. The SMILES string of the molecule is CC(C)(C)OC(=O)NCCC(=O)CBr. The van der Waals surface area contributed by atoms with Gasteiger partial charge in [0, 0.05) is 13.0 Å². The minimum absolute atomic E-state index is 0.0565. The molecule has 0 aliphatic heterocycles. The Morgan fingerprint density at radius 2 is 1.93 bits per heavy atom. The lowest BCUT2D eigenvalue weighted by molar-refractivity contribution is -0.116. The number of carbonyl (C=O) groups excluding carboxylic acids is 2. The van der Waals surface area contributed by atoms with Crippen LogP contribution in [-0.4, -0.2) is 29.4 Å². The molecule has 0 heterocycles. The number of hydrogen-bond acceptors (Lipinski definition) is 3. The Bertz CT molecular complexity index is 211. The van der Waals surface area contributed by atoms with Gasteiger partial charge in [-0.2, -0.15) is 0 Å². The molecule has 0 saturated carbocycles. The summed E-state index contributed by atoms with van der Waals surface area (Å²) in [5.74, 6) is 0.0565. The van der Waals surface area contributed by atoms with Gasteiger partial charge in [-0.05, 0) is 20.8 Å². The van der Waals surface area contributed by atoms with Crippen molar-refractivity contribution >= 4 is 27.8 Å². The Morgan fingerprint density at radius 3 is 2.36 bits per heavy atom. The largest absolute Gasteiger partial charge is 0.444 e. The van der Waals surface area contributed by atoms with Crippen LogP contribution in [0, 0.1) is 0 Å². The maximum Gasteiger partial charge on any atom is 0.407 e. The van der Waals surface area contributed by atoms with Crippen molar-refractivity contribution in [3.63, 3.8) is 0 Å². The van der Waals surface area contributed by atoms with Gasteiger partial charge in [0.05, 0.1) is 5.33 Å². The van der Waals surface area contributed by atoms with E-state index in [4.69, 9.17) is 4.74 Å². The molecule has 0 aliphatic carbocycles. The number of ketones is 1. The van der Waals surface area contributed by atoms with Gasteiger partial charge in [-0.1, -0.05) is 15.9 Å². The van der Waals surface area contributed by atoms with Crippen molar-refractivity contribution in [2.24, 2.45) is 0 Å². The predicted octanol–water partition coefficient (Wildman–Crippen LogP) is 1.87. The summed E-state index contributed by atoms with van der Waals surface area (Å²) in [5, 5.41) is 2.82. The lowest BCUT2D eigenvalue weighted by atomic mass is 10.2. The number of amides is 1. The van der Waals surface area contributed by atoms with Crippen LogP contribution in [0.3, 0.4) is 0 Å². The van der Waals surface area contributed by atoms with E-state index in [0.717, 1.165) is 0 Å². The molecule has 4 nitrogen and oxygen atoms in total. The minimum atomic E-state index is -0.497. The fraction of sp³-hybridized carbons (Fsp3) is 0.778. The van der Waals surface area contributed by atoms with Crippen LogP contribution in [0.25, 0.3) is 0 Å². The molecule has 0 atom stereocenters. The topological polar surface area (TPSA) is 55.4 Å². The molecule has 0 radical (unpaired) electrons. The summed E-state index contributed by atoms with van der Waals surface area (Å²) in [6.45, 7) is 5.68. The second-order valence-corrected chi connectivity index (χ2v) is 4.41. The van der Waals surface area contributed by atoms with Crippen LogP contribution < -0.4 is 5.32 Å². The Hall–Kier alpha value is -0.580. The fourth-order valence-corrected chi connectivity index (χ4v) is 0.965. The monoisotopic (exact) mass is 265 g/mol. The normalized spacial score (nSPS) is 10.9. The molecule has 0 rings (SSSR count). The van der Waals surface area contributed by atoms with E-state index in [1.54, 1.807) is 20.8 Å². The zero-order valence-corrected chi connectivity index (χ0v) is 10.3. The first kappa shape index (κ1) is 13.4. The van der Waals surface area contributed by atoms with Gasteiger partial charge in [0.1, 0.15) is 11.4 Å². The van der Waals surface area contributed by atoms with Gasteiger partial charge in [-0.3, -0.25) is 4.79 Å². The van der Waals surface area contributed by atoms with E-state index in [1.807, 2.05) is 0 Å². The van der Waals surface area contributed by atoms with Crippen LogP contribution in [0.1, 0.15) is 27.2 Å². The molecule has 1 N–H and O–H groups in total. The van der Waals surface area contributed by atoms with Crippen molar-refractivity contribution in [2.45, 2.75) is 32.8 Å². The van der Waals surface area contributed by atoms with Gasteiger partial charge in [-0.15, -0.1) is 0 Å². The van der Waals surface area contributed by atoms with E-state index in [9.17, 15) is 9.59 Å². The number of carbonyl (C=O) groups is 2. The number of nitrogens with one attached hydrogen (secondary N) is 1. The van der Waals surface area contributed by atoms with Crippen LogP contribution in [0.4, 0.5) is 4.79 Å². The Morgan fingerprint density at radius 1 is 1.36 bits per heavy atom. The summed E-state index contributed by atoms with van der Waals surface area (Å²) in [5.41, 5.74) is -0.497. The second-order valence-electron chi connectivity index (χ2n) is 3.85. The highest BCUT2D eigenvalue weighted by Crippen LogP contribution is 2.06. The second kappa shape index (κ2) is 6.01. The summed E-state index contributed by atoms with van der Waals surface area (Å²) < 4.78 is 4.98. The molecule has 1 amide bonds. The molecule has 0 spiro atoms. The lowest BCUT2D eigenvalue weighted by Crippen LogP contribution is -2.33. The number of alkyl halides is 1. The van der Waals surface area contributed by atoms with Crippen molar-refractivity contribution in [2.75, 3.05) is 11.9 Å². The first-order chi connectivity index (χ1) is 6.35. The number of halogens is 1. The predicted molar refractivity (Wildman–Crippen MR) is 57.7 cm³/mol. The zero-order chi connectivity index (χ0) is 11.2. The fourth-order valence-electron chi connectivity index (χ4n) is 0.685. The average molecular weight is 266 g/mol. The van der Waals surface area contributed by atoms with Gasteiger partial charge < -0.3 is 10.1 Å². The number of alkyl carbamates (subject to hydrolysis) is 1. The molecule has 0 aromatic carbocycles. The summed E-state index contributed by atoms with van der Waals surface area (Å²) >= 11 is 3.04. The highest BCUT2D eigenvalue weighted by molar-refractivity contribution is 9.09. The quantitative estimate of drug-likeness (QED) is 0.790. The highest BCUT2D eigenvalue weighted by atomic mass is 79.9. The van der Waals surface area contributed by atoms with Crippen molar-refractivity contribution in [1.29, 1.82) is 0 Å². The lowest BCUT2D eigenvalue weighted by Gasteiger charge is -2.19. The number of rotatable bonds is 4. The van der Waals surface area contributed by atoms with Crippen LogP contribution in [0.2, 0.25) is 0 Å². The first-order valence-electron chi connectivity index (χ1n) is 4.39. The Kier molecular flexibility index (Phi) is 5.76. The van der Waals surface area contributed by atoms with Crippen LogP contribution in [0.15, 0.2) is 0 Å². The minimum Gasteiger partial charge on any atom is -0.444 e. The number of hydrogen-bond donors (Lipinski definition) is 1. The molecule has 5 heteroatoms. The summed E-state index contributed by atoms with van der Waals surface area (Å²) in [6, 6.07) is 0. The molecular formula is C9H16BrNO3. The summed E-state index contributed by atoms with van der Waals surface area (Å²) in [7, 11) is 0. The van der Waals surface area contributed by atoms with Crippen molar-refractivity contribution < 1.29 is 14.3 Å². The maximum atomic E-state index is 11.1. The first-order valence-corrected chi connectivity index (χ1v) is 5.52. The number of ether oxygens (including phenoxy) is 1. The highest BCUT2D eigenvalue weighted by Gasteiger charge is 2.15. The maximum absolute atomic E-state index is 11.1. The average Bonchev–Trinajstić information content (AvgIpc) is 2.00. The van der Waals surface area contributed by atoms with E-state index >= 15 is 0 Å². The Labute approximate surface area is 92.5 Å². The van der Waals surface area contributed by atoms with E-state index in [2.05, 4.69) is 21.2 Å². The van der Waals surface area contributed by atoms with Gasteiger partial charge in [0.25, 0.3) is 0 Å². The molecule has 0 aromatic heterocycles. The third-order valence-electron chi connectivity index (χ3n) is 1.22. The molecule has 82 valence electrons. The molecule has 0 saturated heterocycles. The smallest absolute Gasteiger partial charge is 0.407 e. The number of Topliss-reactive ketones (excluding diaryl/α,β-unsaturated/α-hetero) is 1. The van der Waals surface area contributed by atoms with E-state index < -0.39 is 11.7 Å². The van der Waals surface area contributed by atoms with Gasteiger partial charge >= 0.3 is 6.09 Å². The van der Waals surface area contributed by atoms with E-state index in [-0.39, 0.29) is 5.78 Å². The van der Waals surface area contributed by atoms with Gasteiger partial charge in [-0.25, -0.2) is 4.79 Å². The van der Waals surface area contributed by atoms with Crippen molar-refractivity contribution in [1.82, 2.24) is 5.32 Å². The molecular weight excluding hydrogens is 250 g/mol. The summed E-state index contributed by atoms with van der Waals surface area (Å²) in [6.07, 6.45) is -0.162. The van der Waals surface area contributed by atoms with Crippen LogP contribution in [0.5, 0.6) is 0 Å². The molecule has 0 bridgehead atoms. The third-order valence-corrected chi connectivity index (χ3v) is 1.85. The molecule has 0 fully saturated rings. The third kappa shape index (κ3) is 8.04. The standard InChI is InChI=1S/C9H16BrNO3/c1-9(2,3)14-8(13)11-5-4-7(12)6-10/h4-6H2,1-3H3,(H,11,13).